The van der Waals surface area contributed by atoms with Crippen molar-refractivity contribution in [3.63, 3.8) is 0 Å². The smallest absolute Gasteiger partial charge is 0.180 e. The average molecular weight is 274 g/mol. The highest BCUT2D eigenvalue weighted by atomic mass is 15.3. The zero-order valence-electron chi connectivity index (χ0n) is 12.2. The van der Waals surface area contributed by atoms with Crippen molar-refractivity contribution >= 4 is 17.3 Å². The molecule has 6 heteroatoms. The van der Waals surface area contributed by atoms with Crippen molar-refractivity contribution in [2.45, 2.75) is 26.3 Å². The number of rotatable bonds is 3. The van der Waals surface area contributed by atoms with Gasteiger partial charge in [0.2, 0.25) is 0 Å². The first kappa shape index (κ1) is 13.2. The van der Waals surface area contributed by atoms with Gasteiger partial charge in [0.1, 0.15) is 5.82 Å². The largest absolute Gasteiger partial charge is 0.382 e. The average Bonchev–Trinajstić information content (AvgIpc) is 2.94. The van der Waals surface area contributed by atoms with Gasteiger partial charge in [-0.2, -0.15) is 0 Å². The Labute approximate surface area is 119 Å². The lowest BCUT2D eigenvalue weighted by molar-refractivity contribution is 0.192. The van der Waals surface area contributed by atoms with Gasteiger partial charge in [-0.1, -0.05) is 6.92 Å². The molecule has 3 heterocycles. The molecule has 1 fully saturated rings. The van der Waals surface area contributed by atoms with Crippen LogP contribution in [0.1, 0.15) is 20.3 Å². The summed E-state index contributed by atoms with van der Waals surface area (Å²) in [6.45, 7) is 8.62. The van der Waals surface area contributed by atoms with Gasteiger partial charge in [0.15, 0.2) is 11.5 Å². The second kappa shape index (κ2) is 5.28. The fourth-order valence-electron chi connectivity index (χ4n) is 2.78. The molecular formula is C14H22N6. The summed E-state index contributed by atoms with van der Waals surface area (Å²) in [5.74, 6) is 1.44. The van der Waals surface area contributed by atoms with Crippen LogP contribution in [0.5, 0.6) is 0 Å². The monoisotopic (exact) mass is 274 g/mol. The van der Waals surface area contributed by atoms with Crippen LogP contribution < -0.4 is 10.6 Å². The van der Waals surface area contributed by atoms with Crippen molar-refractivity contribution in [3.05, 3.63) is 18.6 Å². The Morgan fingerprint density at radius 2 is 2.05 bits per heavy atom. The van der Waals surface area contributed by atoms with Crippen molar-refractivity contribution in [2.24, 2.45) is 0 Å². The van der Waals surface area contributed by atoms with Crippen LogP contribution in [0.25, 0.3) is 5.65 Å². The summed E-state index contributed by atoms with van der Waals surface area (Å²) in [6, 6.07) is 0.650. The first-order chi connectivity index (χ1) is 9.69. The number of piperazine rings is 1. The topological polar surface area (TPSA) is 62.7 Å². The molecule has 1 unspecified atom stereocenters. The summed E-state index contributed by atoms with van der Waals surface area (Å²) >= 11 is 0. The third kappa shape index (κ3) is 2.31. The minimum atomic E-state index is 0.537. The molecule has 6 nitrogen and oxygen atoms in total. The van der Waals surface area contributed by atoms with E-state index in [1.54, 1.807) is 12.4 Å². The molecule has 0 bridgehead atoms. The predicted molar refractivity (Wildman–Crippen MR) is 80.9 cm³/mol. The van der Waals surface area contributed by atoms with E-state index in [9.17, 15) is 0 Å². The van der Waals surface area contributed by atoms with E-state index < -0.39 is 0 Å². The lowest BCUT2D eigenvalue weighted by Gasteiger charge is -2.38. The van der Waals surface area contributed by atoms with E-state index in [-0.39, 0.29) is 0 Å². The quantitative estimate of drug-likeness (QED) is 0.912. The normalized spacial score (nSPS) is 18.6. The van der Waals surface area contributed by atoms with Crippen molar-refractivity contribution in [1.82, 2.24) is 19.3 Å². The van der Waals surface area contributed by atoms with Crippen molar-refractivity contribution in [1.29, 1.82) is 0 Å². The Morgan fingerprint density at radius 3 is 2.75 bits per heavy atom. The number of imidazole rings is 1. The molecule has 20 heavy (non-hydrogen) atoms. The highest BCUT2D eigenvalue weighted by Crippen LogP contribution is 2.21. The van der Waals surface area contributed by atoms with Gasteiger partial charge in [0.05, 0.1) is 6.20 Å². The Morgan fingerprint density at radius 1 is 1.30 bits per heavy atom. The lowest BCUT2D eigenvalue weighted by Crippen LogP contribution is -2.49. The molecule has 1 atom stereocenters. The highest BCUT2D eigenvalue weighted by Gasteiger charge is 2.23. The first-order valence-electron chi connectivity index (χ1n) is 7.27. The molecule has 3 rings (SSSR count). The van der Waals surface area contributed by atoms with E-state index in [1.165, 1.54) is 6.42 Å². The van der Waals surface area contributed by atoms with Crippen LogP contribution in [0.3, 0.4) is 0 Å². The lowest BCUT2D eigenvalue weighted by atomic mass is 10.2. The van der Waals surface area contributed by atoms with Crippen molar-refractivity contribution in [3.8, 4) is 0 Å². The van der Waals surface area contributed by atoms with Crippen LogP contribution in [0.2, 0.25) is 0 Å². The number of nitrogens with two attached hydrogens (primary N) is 1. The van der Waals surface area contributed by atoms with Gasteiger partial charge >= 0.3 is 0 Å². The Balaban J connectivity index is 1.81. The summed E-state index contributed by atoms with van der Waals surface area (Å²) in [4.78, 5) is 13.7. The second-order valence-electron chi connectivity index (χ2n) is 5.43. The Kier molecular flexibility index (Phi) is 3.48. The first-order valence-corrected chi connectivity index (χ1v) is 7.27. The van der Waals surface area contributed by atoms with E-state index in [2.05, 4.69) is 33.6 Å². The molecule has 2 N–H and O–H groups in total. The van der Waals surface area contributed by atoms with Crippen LogP contribution in [0, 0.1) is 0 Å². The number of anilines is 2. The van der Waals surface area contributed by atoms with Crippen molar-refractivity contribution < 1.29 is 0 Å². The zero-order valence-corrected chi connectivity index (χ0v) is 12.2. The van der Waals surface area contributed by atoms with E-state index in [4.69, 9.17) is 5.73 Å². The van der Waals surface area contributed by atoms with E-state index in [0.29, 0.717) is 11.9 Å². The predicted octanol–water partition coefficient (Wildman–Crippen LogP) is 1.23. The molecule has 2 aromatic rings. The Bertz CT molecular complexity index is 584. The molecule has 0 amide bonds. The van der Waals surface area contributed by atoms with Crippen LogP contribution in [0.4, 0.5) is 11.6 Å². The molecule has 0 spiro atoms. The number of fused-ring (bicyclic) bond motifs is 1. The maximum Gasteiger partial charge on any atom is 0.180 e. The zero-order chi connectivity index (χ0) is 14.1. The number of hydrogen-bond donors (Lipinski definition) is 1. The molecule has 1 aliphatic rings. The van der Waals surface area contributed by atoms with Crippen LogP contribution in [-0.2, 0) is 0 Å². The third-order valence-electron chi connectivity index (χ3n) is 4.20. The molecule has 108 valence electrons. The van der Waals surface area contributed by atoms with E-state index in [0.717, 1.165) is 37.6 Å². The van der Waals surface area contributed by atoms with Crippen LogP contribution in [-0.4, -0.2) is 51.5 Å². The van der Waals surface area contributed by atoms with Crippen LogP contribution in [0.15, 0.2) is 18.6 Å². The number of nitrogen functional groups attached to an aromatic ring is 1. The second-order valence-corrected chi connectivity index (χ2v) is 5.43. The summed E-state index contributed by atoms with van der Waals surface area (Å²) < 4.78 is 1.94. The van der Waals surface area contributed by atoms with E-state index >= 15 is 0 Å². The summed E-state index contributed by atoms with van der Waals surface area (Å²) in [5, 5.41) is 0. The highest BCUT2D eigenvalue weighted by molar-refractivity contribution is 5.66. The fourth-order valence-corrected chi connectivity index (χ4v) is 2.78. The molecule has 1 saturated heterocycles. The molecule has 0 radical (unpaired) electrons. The van der Waals surface area contributed by atoms with Gasteiger partial charge in [0.25, 0.3) is 0 Å². The fraction of sp³-hybridized carbons (Fsp3) is 0.571. The molecule has 0 aromatic carbocycles. The SMILES string of the molecule is CCC(C)N1CCN(c2nc(N)cn3ccnc23)CC1. The van der Waals surface area contributed by atoms with Gasteiger partial charge in [-0.3, -0.25) is 4.90 Å². The third-order valence-corrected chi connectivity index (χ3v) is 4.20. The molecular weight excluding hydrogens is 252 g/mol. The number of hydrogen-bond acceptors (Lipinski definition) is 5. The van der Waals surface area contributed by atoms with Gasteiger partial charge in [-0.15, -0.1) is 0 Å². The minimum absolute atomic E-state index is 0.537. The Hall–Kier alpha value is -1.82. The molecule has 0 aliphatic carbocycles. The maximum atomic E-state index is 5.89. The molecule has 2 aromatic heterocycles. The number of nitrogens with zero attached hydrogens (tertiary/aromatic N) is 5. The summed E-state index contributed by atoms with van der Waals surface area (Å²) in [5.41, 5.74) is 6.78. The van der Waals surface area contributed by atoms with Gasteiger partial charge in [-0.25, -0.2) is 9.97 Å². The van der Waals surface area contributed by atoms with Crippen LogP contribution >= 0.6 is 0 Å². The standard InChI is InChI=1S/C14H22N6/c1-3-11(2)18-6-8-19(9-7-18)14-13-16-4-5-20(13)10-12(15)17-14/h4-5,10-11H,3,6-9,15H2,1-2H3. The summed E-state index contributed by atoms with van der Waals surface area (Å²) in [6.07, 6.45) is 6.70. The summed E-state index contributed by atoms with van der Waals surface area (Å²) in [7, 11) is 0. The van der Waals surface area contributed by atoms with Gasteiger partial charge in [0, 0.05) is 44.6 Å². The van der Waals surface area contributed by atoms with E-state index in [1.807, 2.05) is 10.6 Å². The minimum Gasteiger partial charge on any atom is -0.382 e. The van der Waals surface area contributed by atoms with Crippen molar-refractivity contribution in [2.75, 3.05) is 36.8 Å². The molecule has 1 aliphatic heterocycles. The van der Waals surface area contributed by atoms with Gasteiger partial charge in [-0.05, 0) is 13.3 Å². The number of aromatic nitrogens is 3. The molecule has 0 saturated carbocycles. The maximum absolute atomic E-state index is 5.89. The van der Waals surface area contributed by atoms with Gasteiger partial charge < -0.3 is 15.0 Å².